The van der Waals surface area contributed by atoms with Gasteiger partial charge in [-0.25, -0.2) is 4.98 Å². The monoisotopic (exact) mass is 373 g/mol. The van der Waals surface area contributed by atoms with E-state index in [0.717, 1.165) is 35.2 Å². The third-order valence-corrected chi connectivity index (χ3v) is 6.01. The summed E-state index contributed by atoms with van der Waals surface area (Å²) in [4.78, 5) is 31.4. The molecule has 25 heavy (non-hydrogen) atoms. The molecule has 0 fully saturated rings. The Labute approximate surface area is 153 Å². The van der Waals surface area contributed by atoms with Gasteiger partial charge in [0.1, 0.15) is 11.4 Å². The number of fused-ring (bicyclic) bond motifs is 3. The Bertz CT molecular complexity index is 1020. The fourth-order valence-electron chi connectivity index (χ4n) is 3.18. The van der Waals surface area contributed by atoms with E-state index in [1.54, 1.807) is 17.4 Å². The predicted molar refractivity (Wildman–Crippen MR) is 99.2 cm³/mol. The summed E-state index contributed by atoms with van der Waals surface area (Å²) in [5.74, 6) is -0.241. The normalized spacial score (nSPS) is 13.2. The van der Waals surface area contributed by atoms with Crippen LogP contribution in [-0.4, -0.2) is 15.5 Å². The van der Waals surface area contributed by atoms with E-state index >= 15 is 0 Å². The third kappa shape index (κ3) is 3.07. The molecule has 0 saturated carbocycles. The summed E-state index contributed by atoms with van der Waals surface area (Å²) in [6.07, 6.45) is 4.50. The van der Waals surface area contributed by atoms with Crippen molar-refractivity contribution >= 4 is 39.1 Å². The number of benzene rings is 1. The van der Waals surface area contributed by atoms with Gasteiger partial charge in [0.15, 0.2) is 0 Å². The summed E-state index contributed by atoms with van der Waals surface area (Å²) in [7, 11) is 0. The van der Waals surface area contributed by atoms with E-state index in [1.807, 2.05) is 18.2 Å². The SMILES string of the molecule is O=C(Cn1cnc2sc3c(c2c1=O)CCC3)NCc1ccccc1Cl. The number of amides is 1. The molecule has 1 N–H and O–H groups in total. The molecule has 0 spiro atoms. The lowest BCUT2D eigenvalue weighted by Gasteiger charge is -2.08. The highest BCUT2D eigenvalue weighted by Crippen LogP contribution is 2.34. The fraction of sp³-hybridized carbons (Fsp3) is 0.278. The molecule has 0 bridgehead atoms. The second-order valence-corrected chi connectivity index (χ2v) is 7.57. The zero-order chi connectivity index (χ0) is 17.4. The minimum atomic E-state index is -0.241. The van der Waals surface area contributed by atoms with Crippen molar-refractivity contribution in [2.24, 2.45) is 0 Å². The highest BCUT2D eigenvalue weighted by atomic mass is 35.5. The maximum Gasteiger partial charge on any atom is 0.262 e. The lowest BCUT2D eigenvalue weighted by atomic mass is 10.2. The first-order chi connectivity index (χ1) is 12.1. The van der Waals surface area contributed by atoms with Gasteiger partial charge in [-0.3, -0.25) is 14.2 Å². The van der Waals surface area contributed by atoms with Crippen molar-refractivity contribution in [2.75, 3.05) is 0 Å². The Morgan fingerprint density at radius 3 is 3.00 bits per heavy atom. The van der Waals surface area contributed by atoms with Crippen molar-refractivity contribution < 1.29 is 4.79 Å². The van der Waals surface area contributed by atoms with E-state index < -0.39 is 0 Å². The lowest BCUT2D eigenvalue weighted by Crippen LogP contribution is -2.32. The number of hydrogen-bond donors (Lipinski definition) is 1. The van der Waals surface area contributed by atoms with Crippen molar-refractivity contribution in [2.45, 2.75) is 32.4 Å². The first kappa shape index (κ1) is 16.3. The molecule has 7 heteroatoms. The molecule has 0 aliphatic heterocycles. The van der Waals surface area contributed by atoms with Crippen LogP contribution in [0.1, 0.15) is 22.4 Å². The zero-order valence-electron chi connectivity index (χ0n) is 13.4. The number of rotatable bonds is 4. The molecule has 0 unspecified atom stereocenters. The van der Waals surface area contributed by atoms with Gasteiger partial charge in [0.05, 0.1) is 11.7 Å². The summed E-state index contributed by atoms with van der Waals surface area (Å²) in [5, 5.41) is 4.10. The van der Waals surface area contributed by atoms with Crippen LogP contribution in [0, 0.1) is 0 Å². The van der Waals surface area contributed by atoms with E-state index in [0.29, 0.717) is 17.0 Å². The van der Waals surface area contributed by atoms with Crippen molar-refractivity contribution in [3.8, 4) is 0 Å². The molecule has 1 aromatic carbocycles. The largest absolute Gasteiger partial charge is 0.350 e. The standard InChI is InChI=1S/C18H16ClN3O2S/c19-13-6-2-1-4-11(13)8-20-15(23)9-22-10-21-17-16(18(22)24)12-5-3-7-14(12)25-17/h1-2,4,6,10H,3,5,7-9H2,(H,20,23). The minimum Gasteiger partial charge on any atom is -0.350 e. The van der Waals surface area contributed by atoms with Gasteiger partial charge < -0.3 is 5.32 Å². The molecule has 1 aliphatic carbocycles. The Hall–Kier alpha value is -2.18. The number of thiophene rings is 1. The fourth-order valence-corrected chi connectivity index (χ4v) is 4.60. The van der Waals surface area contributed by atoms with Crippen molar-refractivity contribution in [3.05, 3.63) is 62.0 Å². The summed E-state index contributed by atoms with van der Waals surface area (Å²) in [6.45, 7) is 0.285. The van der Waals surface area contributed by atoms with Crippen LogP contribution in [0.3, 0.4) is 0 Å². The summed E-state index contributed by atoms with van der Waals surface area (Å²) in [5.41, 5.74) is 1.84. The van der Waals surface area contributed by atoms with E-state index in [2.05, 4.69) is 10.3 Å². The number of carbonyl (C=O) groups excluding carboxylic acids is 1. The average molecular weight is 374 g/mol. The average Bonchev–Trinajstić information content (AvgIpc) is 3.17. The molecule has 5 nitrogen and oxygen atoms in total. The first-order valence-corrected chi connectivity index (χ1v) is 9.32. The Morgan fingerprint density at radius 2 is 2.16 bits per heavy atom. The molecule has 0 atom stereocenters. The van der Waals surface area contributed by atoms with Crippen LogP contribution in [0.25, 0.3) is 10.2 Å². The van der Waals surface area contributed by atoms with Crippen LogP contribution < -0.4 is 10.9 Å². The number of nitrogens with zero attached hydrogens (tertiary/aromatic N) is 2. The second kappa shape index (κ2) is 6.61. The second-order valence-electron chi connectivity index (χ2n) is 6.08. The van der Waals surface area contributed by atoms with E-state index in [9.17, 15) is 9.59 Å². The smallest absolute Gasteiger partial charge is 0.262 e. The molecule has 1 amide bonds. The number of aromatic nitrogens is 2. The zero-order valence-corrected chi connectivity index (χ0v) is 15.0. The molecule has 3 aromatic rings. The summed E-state index contributed by atoms with van der Waals surface area (Å²) >= 11 is 7.68. The molecular formula is C18H16ClN3O2S. The van der Waals surface area contributed by atoms with Crippen LogP contribution in [0.2, 0.25) is 5.02 Å². The van der Waals surface area contributed by atoms with Gasteiger partial charge in [0.2, 0.25) is 5.91 Å². The Balaban J connectivity index is 1.52. The molecule has 128 valence electrons. The van der Waals surface area contributed by atoms with Crippen molar-refractivity contribution in [1.82, 2.24) is 14.9 Å². The molecule has 0 radical (unpaired) electrons. The Kier molecular flexibility index (Phi) is 4.31. The van der Waals surface area contributed by atoms with Gasteiger partial charge in [0.25, 0.3) is 5.56 Å². The third-order valence-electron chi connectivity index (χ3n) is 4.44. The maximum absolute atomic E-state index is 12.7. The molecule has 4 rings (SSSR count). The van der Waals surface area contributed by atoms with E-state index in [4.69, 9.17) is 11.6 Å². The Morgan fingerprint density at radius 1 is 1.32 bits per heavy atom. The van der Waals surface area contributed by atoms with Gasteiger partial charge in [-0.2, -0.15) is 0 Å². The molecular weight excluding hydrogens is 358 g/mol. The predicted octanol–water partition coefficient (Wildman–Crippen LogP) is 2.92. The van der Waals surface area contributed by atoms with Crippen LogP contribution in [-0.2, 0) is 30.7 Å². The molecule has 0 saturated heterocycles. The highest BCUT2D eigenvalue weighted by molar-refractivity contribution is 7.18. The quantitative estimate of drug-likeness (QED) is 0.764. The van der Waals surface area contributed by atoms with Gasteiger partial charge in [-0.1, -0.05) is 29.8 Å². The number of hydrogen-bond acceptors (Lipinski definition) is 4. The van der Waals surface area contributed by atoms with E-state index in [1.165, 1.54) is 15.8 Å². The minimum absolute atomic E-state index is 0.0448. The number of nitrogens with one attached hydrogen (secondary N) is 1. The van der Waals surface area contributed by atoms with Gasteiger partial charge in [-0.05, 0) is 36.5 Å². The lowest BCUT2D eigenvalue weighted by molar-refractivity contribution is -0.121. The van der Waals surface area contributed by atoms with Crippen LogP contribution in [0.5, 0.6) is 0 Å². The maximum atomic E-state index is 12.7. The van der Waals surface area contributed by atoms with Gasteiger partial charge >= 0.3 is 0 Å². The van der Waals surface area contributed by atoms with Crippen molar-refractivity contribution in [3.63, 3.8) is 0 Å². The topological polar surface area (TPSA) is 64.0 Å². The van der Waals surface area contributed by atoms with Crippen LogP contribution in [0.15, 0.2) is 35.4 Å². The molecule has 1 aliphatic rings. The first-order valence-electron chi connectivity index (χ1n) is 8.13. The summed E-state index contributed by atoms with van der Waals surface area (Å²) in [6, 6.07) is 7.35. The van der Waals surface area contributed by atoms with Gasteiger partial charge in [0, 0.05) is 16.4 Å². The molecule has 2 heterocycles. The number of halogens is 1. The van der Waals surface area contributed by atoms with E-state index in [-0.39, 0.29) is 18.0 Å². The number of aryl methyl sites for hydroxylation is 2. The summed E-state index contributed by atoms with van der Waals surface area (Å²) < 4.78 is 1.38. The van der Waals surface area contributed by atoms with Crippen molar-refractivity contribution in [1.29, 1.82) is 0 Å². The molecule has 2 aromatic heterocycles. The van der Waals surface area contributed by atoms with Gasteiger partial charge in [-0.15, -0.1) is 11.3 Å². The highest BCUT2D eigenvalue weighted by Gasteiger charge is 2.21. The van der Waals surface area contributed by atoms with Crippen LogP contribution >= 0.6 is 22.9 Å². The van der Waals surface area contributed by atoms with Crippen LogP contribution in [0.4, 0.5) is 0 Å². The number of carbonyl (C=O) groups is 1.